The minimum atomic E-state index is -0.0115. The fraction of sp³-hybridized carbons (Fsp3) is 0.417. The quantitative estimate of drug-likeness (QED) is 0.736. The van der Waals surface area contributed by atoms with Crippen molar-refractivity contribution < 1.29 is 4.79 Å². The lowest BCUT2D eigenvalue weighted by Crippen LogP contribution is -2.28. The van der Waals surface area contributed by atoms with Crippen LogP contribution in [0.25, 0.3) is 0 Å². The molecule has 6 nitrogen and oxygen atoms in total. The van der Waals surface area contributed by atoms with E-state index in [1.54, 1.807) is 23.1 Å². The fourth-order valence-corrected chi connectivity index (χ4v) is 1.73. The zero-order valence-corrected chi connectivity index (χ0v) is 10.4. The largest absolute Gasteiger partial charge is 0.354 e. The molecule has 96 valence electrons. The highest BCUT2D eigenvalue weighted by Crippen LogP contribution is 2.04. The van der Waals surface area contributed by atoms with Gasteiger partial charge in [-0.2, -0.15) is 10.2 Å². The molecule has 0 saturated heterocycles. The van der Waals surface area contributed by atoms with Gasteiger partial charge in [-0.05, 0) is 31.4 Å². The zero-order valence-electron chi connectivity index (χ0n) is 10.4. The van der Waals surface area contributed by atoms with Crippen LogP contribution in [0.1, 0.15) is 17.7 Å². The van der Waals surface area contributed by atoms with Crippen LogP contribution < -0.4 is 5.32 Å². The highest BCUT2D eigenvalue weighted by atomic mass is 16.2. The van der Waals surface area contributed by atoms with Gasteiger partial charge in [-0.1, -0.05) is 0 Å². The Morgan fingerprint density at radius 1 is 1.56 bits per heavy atom. The first-order chi connectivity index (χ1) is 8.75. The predicted octanol–water partition coefficient (Wildman–Crippen LogP) is 0.664. The number of carbonyl (C=O) groups excluding carboxylic acids is 1. The Hall–Kier alpha value is -2.11. The number of hydrogen-bond acceptors (Lipinski definition) is 3. The van der Waals surface area contributed by atoms with Crippen molar-refractivity contribution in [3.05, 3.63) is 35.9 Å². The van der Waals surface area contributed by atoms with E-state index in [0.29, 0.717) is 6.54 Å². The number of hydrogen-bond donors (Lipinski definition) is 2. The molecule has 0 aliphatic carbocycles. The number of nitrogens with one attached hydrogen (secondary N) is 2. The number of amides is 1. The summed E-state index contributed by atoms with van der Waals surface area (Å²) in [5.41, 5.74) is 2.30. The second-order valence-corrected chi connectivity index (χ2v) is 4.18. The van der Waals surface area contributed by atoms with Gasteiger partial charge in [-0.3, -0.25) is 14.6 Å². The standard InChI is InChI=1S/C12H17N5O/c1-10-11(8-14-16-10)4-2-5-13-12(18)9-17-7-3-6-15-17/h3,6-8H,2,4-5,9H2,1H3,(H,13,18)(H,14,16). The Balaban J connectivity index is 1.63. The zero-order chi connectivity index (χ0) is 12.8. The summed E-state index contributed by atoms with van der Waals surface area (Å²) < 4.78 is 1.61. The summed E-state index contributed by atoms with van der Waals surface area (Å²) in [5.74, 6) is -0.0115. The highest BCUT2D eigenvalue weighted by Gasteiger charge is 2.03. The molecule has 2 aromatic heterocycles. The minimum absolute atomic E-state index is 0.0115. The van der Waals surface area contributed by atoms with Crippen LogP contribution in [0.2, 0.25) is 0 Å². The fourth-order valence-electron chi connectivity index (χ4n) is 1.73. The Labute approximate surface area is 105 Å². The summed E-state index contributed by atoms with van der Waals surface area (Å²) in [5, 5.41) is 13.7. The van der Waals surface area contributed by atoms with Gasteiger partial charge in [0.25, 0.3) is 0 Å². The molecule has 1 amide bonds. The summed E-state index contributed by atoms with van der Waals surface area (Å²) in [7, 11) is 0. The Kier molecular flexibility index (Phi) is 4.11. The molecule has 0 unspecified atom stereocenters. The Bertz CT molecular complexity index is 488. The van der Waals surface area contributed by atoms with Crippen LogP contribution in [0.15, 0.2) is 24.7 Å². The topological polar surface area (TPSA) is 75.6 Å². The van der Waals surface area contributed by atoms with Crippen molar-refractivity contribution in [1.29, 1.82) is 0 Å². The predicted molar refractivity (Wildman–Crippen MR) is 66.9 cm³/mol. The van der Waals surface area contributed by atoms with E-state index in [1.807, 2.05) is 13.1 Å². The maximum absolute atomic E-state index is 11.5. The first kappa shape index (κ1) is 12.3. The number of carbonyl (C=O) groups is 1. The Morgan fingerprint density at radius 3 is 3.11 bits per heavy atom. The van der Waals surface area contributed by atoms with Crippen LogP contribution in [-0.2, 0) is 17.8 Å². The van der Waals surface area contributed by atoms with Crippen LogP contribution in [0.5, 0.6) is 0 Å². The van der Waals surface area contributed by atoms with E-state index < -0.39 is 0 Å². The number of aryl methyl sites for hydroxylation is 2. The van der Waals surface area contributed by atoms with Crippen molar-refractivity contribution in [2.75, 3.05) is 6.54 Å². The smallest absolute Gasteiger partial charge is 0.241 e. The van der Waals surface area contributed by atoms with Crippen LogP contribution in [0, 0.1) is 6.92 Å². The first-order valence-corrected chi connectivity index (χ1v) is 5.98. The second kappa shape index (κ2) is 6.00. The third-order valence-corrected chi connectivity index (χ3v) is 2.74. The molecule has 2 rings (SSSR count). The lowest BCUT2D eigenvalue weighted by atomic mass is 10.1. The molecule has 2 aromatic rings. The highest BCUT2D eigenvalue weighted by molar-refractivity contribution is 5.75. The first-order valence-electron chi connectivity index (χ1n) is 5.98. The van der Waals surface area contributed by atoms with E-state index >= 15 is 0 Å². The van der Waals surface area contributed by atoms with Gasteiger partial charge < -0.3 is 5.32 Å². The van der Waals surface area contributed by atoms with E-state index in [9.17, 15) is 4.79 Å². The lowest BCUT2D eigenvalue weighted by Gasteiger charge is -2.05. The normalized spacial score (nSPS) is 10.5. The van der Waals surface area contributed by atoms with Gasteiger partial charge in [-0.15, -0.1) is 0 Å². The Morgan fingerprint density at radius 2 is 2.44 bits per heavy atom. The third-order valence-electron chi connectivity index (χ3n) is 2.74. The van der Waals surface area contributed by atoms with E-state index in [4.69, 9.17) is 0 Å². The van der Waals surface area contributed by atoms with Gasteiger partial charge >= 0.3 is 0 Å². The molecule has 0 spiro atoms. The summed E-state index contributed by atoms with van der Waals surface area (Å²) in [6, 6.07) is 1.80. The molecule has 0 aromatic carbocycles. The maximum atomic E-state index is 11.5. The van der Waals surface area contributed by atoms with Crippen LogP contribution in [0.3, 0.4) is 0 Å². The summed E-state index contributed by atoms with van der Waals surface area (Å²) in [6.07, 6.45) is 7.10. The van der Waals surface area contributed by atoms with Crippen LogP contribution in [-0.4, -0.2) is 32.4 Å². The van der Waals surface area contributed by atoms with Crippen LogP contribution in [0.4, 0.5) is 0 Å². The SMILES string of the molecule is Cc1[nH]ncc1CCCNC(=O)Cn1cccn1. The molecule has 18 heavy (non-hydrogen) atoms. The average Bonchev–Trinajstić information content (AvgIpc) is 2.97. The van der Waals surface area contributed by atoms with Crippen molar-refractivity contribution in [2.45, 2.75) is 26.3 Å². The van der Waals surface area contributed by atoms with Gasteiger partial charge in [0.2, 0.25) is 5.91 Å². The van der Waals surface area contributed by atoms with Crippen molar-refractivity contribution >= 4 is 5.91 Å². The van der Waals surface area contributed by atoms with E-state index in [-0.39, 0.29) is 12.5 Å². The van der Waals surface area contributed by atoms with Crippen molar-refractivity contribution in [1.82, 2.24) is 25.3 Å². The third kappa shape index (κ3) is 3.44. The molecule has 0 atom stereocenters. The molecule has 0 aliphatic heterocycles. The molecule has 0 fully saturated rings. The number of rotatable bonds is 6. The van der Waals surface area contributed by atoms with Crippen molar-refractivity contribution in [3.8, 4) is 0 Å². The van der Waals surface area contributed by atoms with Gasteiger partial charge in [-0.25, -0.2) is 0 Å². The number of aromatic amines is 1. The van der Waals surface area contributed by atoms with Gasteiger partial charge in [0.1, 0.15) is 6.54 Å². The number of nitrogens with zero attached hydrogens (tertiary/aromatic N) is 3. The van der Waals surface area contributed by atoms with Crippen molar-refractivity contribution in [3.63, 3.8) is 0 Å². The monoisotopic (exact) mass is 247 g/mol. The average molecular weight is 247 g/mol. The summed E-state index contributed by atoms with van der Waals surface area (Å²) in [6.45, 7) is 2.95. The molecule has 0 aliphatic rings. The van der Waals surface area contributed by atoms with Crippen LogP contribution >= 0.6 is 0 Å². The van der Waals surface area contributed by atoms with E-state index in [0.717, 1.165) is 18.5 Å². The molecule has 0 saturated carbocycles. The number of aromatic nitrogens is 4. The van der Waals surface area contributed by atoms with Gasteiger partial charge in [0.05, 0.1) is 6.20 Å². The molecule has 2 N–H and O–H groups in total. The molecular formula is C12H17N5O. The molecule has 0 radical (unpaired) electrons. The number of H-pyrrole nitrogens is 1. The molecule has 0 bridgehead atoms. The van der Waals surface area contributed by atoms with Gasteiger partial charge in [0, 0.05) is 24.6 Å². The maximum Gasteiger partial charge on any atom is 0.241 e. The molecular weight excluding hydrogens is 230 g/mol. The second-order valence-electron chi connectivity index (χ2n) is 4.18. The van der Waals surface area contributed by atoms with Crippen molar-refractivity contribution in [2.24, 2.45) is 0 Å². The van der Waals surface area contributed by atoms with E-state index in [1.165, 1.54) is 5.56 Å². The lowest BCUT2D eigenvalue weighted by molar-refractivity contribution is -0.121. The summed E-state index contributed by atoms with van der Waals surface area (Å²) >= 11 is 0. The van der Waals surface area contributed by atoms with E-state index in [2.05, 4.69) is 20.6 Å². The summed E-state index contributed by atoms with van der Waals surface area (Å²) in [4.78, 5) is 11.5. The molecule has 2 heterocycles. The minimum Gasteiger partial charge on any atom is -0.354 e. The van der Waals surface area contributed by atoms with Gasteiger partial charge in [0.15, 0.2) is 0 Å². The molecule has 6 heteroatoms.